The summed E-state index contributed by atoms with van der Waals surface area (Å²) in [5.41, 5.74) is 3.73. The average Bonchev–Trinajstić information content (AvgIpc) is 3.22. The Kier molecular flexibility index (Phi) is 4.63. The molecule has 0 bridgehead atoms. The van der Waals surface area contributed by atoms with Gasteiger partial charge in [0.15, 0.2) is 5.16 Å². The quantitative estimate of drug-likeness (QED) is 0.691. The molecule has 1 aliphatic heterocycles. The molecule has 0 unspecified atom stereocenters. The monoisotopic (exact) mass is 413 g/mol. The Morgan fingerprint density at radius 1 is 1.16 bits per heavy atom. The summed E-state index contributed by atoms with van der Waals surface area (Å²) in [6.45, 7) is 1.39. The Labute approximate surface area is 158 Å². The molecule has 0 radical (unpaired) electrons. The number of carbonyl (C=O) groups excluding carboxylic acids is 1. The maximum atomic E-state index is 12.5. The molecule has 0 spiro atoms. The van der Waals surface area contributed by atoms with E-state index in [1.54, 1.807) is 11.8 Å². The number of thioether (sulfide) groups is 1. The van der Waals surface area contributed by atoms with Gasteiger partial charge < -0.3 is 9.88 Å². The molecule has 4 nitrogen and oxygen atoms in total. The highest BCUT2D eigenvalue weighted by Crippen LogP contribution is 2.33. The van der Waals surface area contributed by atoms with Crippen LogP contribution < -0.4 is 5.32 Å². The Balaban J connectivity index is 1.62. The largest absolute Gasteiger partial charge is 0.346 e. The van der Waals surface area contributed by atoms with Gasteiger partial charge in [-0.2, -0.15) is 0 Å². The van der Waals surface area contributed by atoms with Crippen molar-refractivity contribution in [2.24, 2.45) is 0 Å². The van der Waals surface area contributed by atoms with Crippen molar-refractivity contribution in [3.8, 4) is 11.3 Å². The maximum absolute atomic E-state index is 12.5. The molecule has 2 aromatic carbocycles. The number of amides is 1. The lowest BCUT2D eigenvalue weighted by atomic mass is 10.1. The lowest BCUT2D eigenvalue weighted by Gasteiger charge is -2.10. The van der Waals surface area contributed by atoms with Gasteiger partial charge in [-0.25, -0.2) is 4.98 Å². The summed E-state index contributed by atoms with van der Waals surface area (Å²) in [4.78, 5) is 17.3. The molecular weight excluding hydrogens is 398 g/mol. The Hall–Kier alpha value is -2.05. The number of aromatic nitrogens is 2. The van der Waals surface area contributed by atoms with E-state index in [0.29, 0.717) is 12.1 Å². The van der Waals surface area contributed by atoms with Gasteiger partial charge in [0.1, 0.15) is 0 Å². The predicted molar refractivity (Wildman–Crippen MR) is 104 cm³/mol. The number of imidazole rings is 1. The highest BCUT2D eigenvalue weighted by atomic mass is 79.9. The molecule has 0 saturated carbocycles. The van der Waals surface area contributed by atoms with Gasteiger partial charge in [-0.3, -0.25) is 4.79 Å². The van der Waals surface area contributed by atoms with E-state index in [4.69, 9.17) is 4.98 Å². The van der Waals surface area contributed by atoms with E-state index in [1.165, 1.54) is 0 Å². The SMILES string of the molecule is O=C(NCc1c(-c2ccccc2)nc2n1CCS2)c1ccccc1Br. The van der Waals surface area contributed by atoms with Gasteiger partial charge >= 0.3 is 0 Å². The van der Waals surface area contributed by atoms with Crippen LogP contribution in [0.25, 0.3) is 11.3 Å². The third-order valence-corrected chi connectivity index (χ3v) is 5.81. The fraction of sp³-hybridized carbons (Fsp3) is 0.158. The van der Waals surface area contributed by atoms with E-state index in [1.807, 2.05) is 42.5 Å². The number of nitrogens with one attached hydrogen (secondary N) is 1. The van der Waals surface area contributed by atoms with Crippen LogP contribution in [0, 0.1) is 0 Å². The molecule has 0 fully saturated rings. The van der Waals surface area contributed by atoms with E-state index in [-0.39, 0.29) is 5.91 Å². The van der Waals surface area contributed by atoms with E-state index in [0.717, 1.165) is 38.9 Å². The van der Waals surface area contributed by atoms with Gasteiger partial charge in [0.2, 0.25) is 0 Å². The minimum atomic E-state index is -0.0901. The lowest BCUT2D eigenvalue weighted by molar-refractivity contribution is 0.0949. The molecule has 126 valence electrons. The standard InChI is InChI=1S/C19H16BrN3OS/c20-15-9-5-4-8-14(15)18(24)21-12-16-17(13-6-2-1-3-7-13)22-19-23(16)10-11-25-19/h1-9H,10-12H2,(H,21,24). The molecule has 0 aliphatic carbocycles. The van der Waals surface area contributed by atoms with Crippen molar-refractivity contribution in [2.45, 2.75) is 18.2 Å². The minimum absolute atomic E-state index is 0.0901. The summed E-state index contributed by atoms with van der Waals surface area (Å²) in [6.07, 6.45) is 0. The van der Waals surface area contributed by atoms with Crippen LogP contribution in [0.2, 0.25) is 0 Å². The molecule has 4 rings (SSSR count). The molecule has 1 aromatic heterocycles. The second-order valence-electron chi connectivity index (χ2n) is 5.72. The molecule has 2 heterocycles. The first-order valence-corrected chi connectivity index (χ1v) is 9.82. The fourth-order valence-electron chi connectivity index (χ4n) is 2.94. The van der Waals surface area contributed by atoms with E-state index < -0.39 is 0 Å². The zero-order chi connectivity index (χ0) is 17.2. The Morgan fingerprint density at radius 2 is 1.92 bits per heavy atom. The van der Waals surface area contributed by atoms with Gasteiger partial charge in [-0.15, -0.1) is 0 Å². The number of rotatable bonds is 4. The van der Waals surface area contributed by atoms with Gasteiger partial charge in [0.25, 0.3) is 5.91 Å². The van der Waals surface area contributed by atoms with Crippen molar-refractivity contribution in [1.29, 1.82) is 0 Å². The van der Waals surface area contributed by atoms with Crippen molar-refractivity contribution < 1.29 is 4.79 Å². The summed E-state index contributed by atoms with van der Waals surface area (Å²) >= 11 is 5.20. The van der Waals surface area contributed by atoms with Crippen LogP contribution in [-0.4, -0.2) is 21.2 Å². The van der Waals surface area contributed by atoms with Crippen molar-refractivity contribution >= 4 is 33.6 Å². The van der Waals surface area contributed by atoms with Gasteiger partial charge in [0.05, 0.1) is 23.5 Å². The second-order valence-corrected chi connectivity index (χ2v) is 7.63. The zero-order valence-corrected chi connectivity index (χ0v) is 15.8. The minimum Gasteiger partial charge on any atom is -0.346 e. The van der Waals surface area contributed by atoms with Crippen molar-refractivity contribution in [3.63, 3.8) is 0 Å². The number of hydrogen-bond acceptors (Lipinski definition) is 3. The Morgan fingerprint density at radius 3 is 2.72 bits per heavy atom. The third-order valence-electron chi connectivity index (χ3n) is 4.17. The van der Waals surface area contributed by atoms with E-state index >= 15 is 0 Å². The van der Waals surface area contributed by atoms with Crippen molar-refractivity contribution in [3.05, 3.63) is 70.3 Å². The van der Waals surface area contributed by atoms with E-state index in [9.17, 15) is 4.79 Å². The molecule has 1 aliphatic rings. The molecule has 25 heavy (non-hydrogen) atoms. The fourth-order valence-corrected chi connectivity index (χ4v) is 4.38. The molecule has 1 N–H and O–H groups in total. The van der Waals surface area contributed by atoms with Gasteiger partial charge in [-0.1, -0.05) is 54.2 Å². The molecule has 0 atom stereocenters. The summed E-state index contributed by atoms with van der Waals surface area (Å²) < 4.78 is 3.01. The zero-order valence-electron chi connectivity index (χ0n) is 13.4. The number of nitrogens with zero attached hydrogens (tertiary/aromatic N) is 2. The highest BCUT2D eigenvalue weighted by molar-refractivity contribution is 9.10. The summed E-state index contributed by atoms with van der Waals surface area (Å²) in [5.74, 6) is 0.940. The maximum Gasteiger partial charge on any atom is 0.252 e. The lowest BCUT2D eigenvalue weighted by Crippen LogP contribution is -2.25. The van der Waals surface area contributed by atoms with Gasteiger partial charge in [0, 0.05) is 22.3 Å². The molecule has 3 aromatic rings. The Bertz CT molecular complexity index is 924. The van der Waals surface area contributed by atoms with Crippen LogP contribution in [-0.2, 0) is 13.1 Å². The van der Waals surface area contributed by atoms with Gasteiger partial charge in [-0.05, 0) is 28.1 Å². The first-order chi connectivity index (χ1) is 12.2. The van der Waals surface area contributed by atoms with Crippen LogP contribution in [0.3, 0.4) is 0 Å². The molecule has 0 saturated heterocycles. The smallest absolute Gasteiger partial charge is 0.252 e. The topological polar surface area (TPSA) is 46.9 Å². The number of hydrogen-bond donors (Lipinski definition) is 1. The average molecular weight is 414 g/mol. The first-order valence-electron chi connectivity index (χ1n) is 8.04. The highest BCUT2D eigenvalue weighted by Gasteiger charge is 2.23. The molecular formula is C19H16BrN3OS. The van der Waals surface area contributed by atoms with Crippen molar-refractivity contribution in [2.75, 3.05) is 5.75 Å². The van der Waals surface area contributed by atoms with Crippen LogP contribution in [0.5, 0.6) is 0 Å². The van der Waals surface area contributed by atoms with Crippen molar-refractivity contribution in [1.82, 2.24) is 14.9 Å². The first kappa shape index (κ1) is 16.4. The predicted octanol–water partition coefficient (Wildman–Crippen LogP) is 4.35. The van der Waals surface area contributed by atoms with Crippen LogP contribution in [0.1, 0.15) is 16.1 Å². The summed E-state index contributed by atoms with van der Waals surface area (Å²) in [6, 6.07) is 17.6. The van der Waals surface area contributed by atoms with Crippen LogP contribution >= 0.6 is 27.7 Å². The molecule has 1 amide bonds. The molecule has 6 heteroatoms. The number of carbonyl (C=O) groups is 1. The third kappa shape index (κ3) is 3.24. The number of fused-ring (bicyclic) bond motifs is 1. The van der Waals surface area contributed by atoms with E-state index in [2.05, 4.69) is 37.9 Å². The number of halogens is 1. The summed E-state index contributed by atoms with van der Waals surface area (Å²) in [5, 5.41) is 4.07. The number of benzene rings is 2. The van der Waals surface area contributed by atoms with Crippen LogP contribution in [0.15, 0.2) is 64.2 Å². The summed E-state index contributed by atoms with van der Waals surface area (Å²) in [7, 11) is 0. The van der Waals surface area contributed by atoms with Crippen LogP contribution in [0.4, 0.5) is 0 Å². The normalized spacial score (nSPS) is 12.8. The second kappa shape index (κ2) is 7.06.